The molecule has 0 saturated carbocycles. The van der Waals surface area contributed by atoms with E-state index in [1.807, 2.05) is 29.2 Å². The minimum Gasteiger partial charge on any atom is -0.343 e. The summed E-state index contributed by atoms with van der Waals surface area (Å²) in [6.45, 7) is 3.00. The molecule has 2 aromatic rings. The molecule has 26 heavy (non-hydrogen) atoms. The SMILES string of the molecule is CC[C@H](c1ccccc1)[C@@H]1CCCN1C(=O)CNC(=O)c1ccccc1. The van der Waals surface area contributed by atoms with Gasteiger partial charge in [0.15, 0.2) is 0 Å². The van der Waals surface area contributed by atoms with Crippen LogP contribution in [-0.4, -0.2) is 35.8 Å². The van der Waals surface area contributed by atoms with Crippen LogP contribution in [0.15, 0.2) is 60.7 Å². The van der Waals surface area contributed by atoms with E-state index < -0.39 is 0 Å². The lowest BCUT2D eigenvalue weighted by atomic mass is 9.87. The Labute approximate surface area is 155 Å². The molecule has 3 rings (SSSR count). The zero-order valence-electron chi connectivity index (χ0n) is 15.2. The van der Waals surface area contributed by atoms with Crippen LogP contribution in [0.3, 0.4) is 0 Å². The number of benzene rings is 2. The Kier molecular flexibility index (Phi) is 6.05. The van der Waals surface area contributed by atoms with Gasteiger partial charge in [0.1, 0.15) is 0 Å². The van der Waals surface area contributed by atoms with Gasteiger partial charge < -0.3 is 10.2 Å². The maximum absolute atomic E-state index is 12.8. The Morgan fingerprint density at radius 1 is 1.08 bits per heavy atom. The molecule has 2 amide bonds. The highest BCUT2D eigenvalue weighted by Crippen LogP contribution is 2.33. The Hall–Kier alpha value is -2.62. The largest absolute Gasteiger partial charge is 0.343 e. The zero-order chi connectivity index (χ0) is 18.4. The molecule has 136 valence electrons. The van der Waals surface area contributed by atoms with Crippen molar-refractivity contribution in [3.63, 3.8) is 0 Å². The van der Waals surface area contributed by atoms with E-state index in [1.54, 1.807) is 12.1 Å². The predicted molar refractivity (Wildman–Crippen MR) is 103 cm³/mol. The summed E-state index contributed by atoms with van der Waals surface area (Å²) in [4.78, 5) is 26.9. The van der Waals surface area contributed by atoms with Crippen LogP contribution in [0, 0.1) is 0 Å². The molecule has 1 fully saturated rings. The third-order valence-electron chi connectivity index (χ3n) is 5.19. The molecule has 4 nitrogen and oxygen atoms in total. The van der Waals surface area contributed by atoms with Gasteiger partial charge in [0.25, 0.3) is 5.91 Å². The Balaban J connectivity index is 1.64. The highest BCUT2D eigenvalue weighted by atomic mass is 16.2. The molecule has 1 saturated heterocycles. The third-order valence-corrected chi connectivity index (χ3v) is 5.19. The van der Waals surface area contributed by atoms with Crippen molar-refractivity contribution in [3.05, 3.63) is 71.8 Å². The summed E-state index contributed by atoms with van der Waals surface area (Å²) < 4.78 is 0. The van der Waals surface area contributed by atoms with Crippen LogP contribution in [0.1, 0.15) is 48.0 Å². The average molecular weight is 350 g/mol. The quantitative estimate of drug-likeness (QED) is 0.865. The second-order valence-corrected chi connectivity index (χ2v) is 6.77. The second-order valence-electron chi connectivity index (χ2n) is 6.77. The number of hydrogen-bond donors (Lipinski definition) is 1. The fourth-order valence-electron chi connectivity index (χ4n) is 3.90. The number of amides is 2. The molecule has 1 aliphatic heterocycles. The zero-order valence-corrected chi connectivity index (χ0v) is 15.2. The van der Waals surface area contributed by atoms with Gasteiger partial charge in [-0.2, -0.15) is 0 Å². The predicted octanol–water partition coefficient (Wildman–Crippen LogP) is 3.60. The van der Waals surface area contributed by atoms with E-state index in [1.165, 1.54) is 5.56 Å². The number of nitrogens with zero attached hydrogens (tertiary/aromatic N) is 1. The van der Waals surface area contributed by atoms with Crippen LogP contribution in [0.4, 0.5) is 0 Å². The van der Waals surface area contributed by atoms with E-state index >= 15 is 0 Å². The number of carbonyl (C=O) groups is 2. The number of hydrogen-bond acceptors (Lipinski definition) is 2. The van der Waals surface area contributed by atoms with Crippen molar-refractivity contribution in [2.75, 3.05) is 13.1 Å². The third kappa shape index (κ3) is 4.13. The Bertz CT molecular complexity index is 730. The molecule has 4 heteroatoms. The van der Waals surface area contributed by atoms with Gasteiger partial charge in [-0.05, 0) is 37.0 Å². The topological polar surface area (TPSA) is 49.4 Å². The fraction of sp³-hybridized carbons (Fsp3) is 0.364. The fourth-order valence-corrected chi connectivity index (χ4v) is 3.90. The van der Waals surface area contributed by atoms with Crippen molar-refractivity contribution in [1.82, 2.24) is 10.2 Å². The van der Waals surface area contributed by atoms with Crippen LogP contribution in [-0.2, 0) is 4.79 Å². The number of rotatable bonds is 6. The van der Waals surface area contributed by atoms with E-state index in [-0.39, 0.29) is 24.4 Å². The van der Waals surface area contributed by atoms with Crippen LogP contribution in [0.2, 0.25) is 0 Å². The van der Waals surface area contributed by atoms with E-state index in [4.69, 9.17) is 0 Å². The molecule has 1 aliphatic rings. The maximum atomic E-state index is 12.8. The summed E-state index contributed by atoms with van der Waals surface area (Å²) in [6, 6.07) is 19.6. The molecule has 0 aromatic heterocycles. The van der Waals surface area contributed by atoms with Gasteiger partial charge in [-0.1, -0.05) is 55.5 Å². The second kappa shape index (κ2) is 8.65. The molecule has 0 aliphatic carbocycles. The number of carbonyl (C=O) groups excluding carboxylic acids is 2. The van der Waals surface area contributed by atoms with Gasteiger partial charge in [0.2, 0.25) is 5.91 Å². The van der Waals surface area contributed by atoms with Crippen molar-refractivity contribution >= 4 is 11.8 Å². The molecular weight excluding hydrogens is 324 g/mol. The molecule has 2 atom stereocenters. The Morgan fingerprint density at radius 3 is 2.38 bits per heavy atom. The molecular formula is C22H26N2O2. The van der Waals surface area contributed by atoms with Crippen molar-refractivity contribution < 1.29 is 9.59 Å². The number of likely N-dealkylation sites (tertiary alicyclic amines) is 1. The van der Waals surface area contributed by atoms with Crippen LogP contribution in [0.25, 0.3) is 0 Å². The van der Waals surface area contributed by atoms with Crippen molar-refractivity contribution in [2.45, 2.75) is 38.1 Å². The van der Waals surface area contributed by atoms with Crippen LogP contribution in [0.5, 0.6) is 0 Å². The van der Waals surface area contributed by atoms with E-state index in [9.17, 15) is 9.59 Å². The molecule has 0 spiro atoms. The summed E-state index contributed by atoms with van der Waals surface area (Å²) >= 11 is 0. The first-order valence-corrected chi connectivity index (χ1v) is 9.38. The lowest BCUT2D eigenvalue weighted by Crippen LogP contribution is -2.44. The highest BCUT2D eigenvalue weighted by molar-refractivity contribution is 5.96. The standard InChI is InChI=1S/C22H26N2O2/c1-2-19(17-10-5-3-6-11-17)20-14-9-15-24(20)21(25)16-23-22(26)18-12-7-4-8-13-18/h3-8,10-13,19-20H,2,9,14-16H2,1H3,(H,23,26)/t19-,20+/m1/s1. The first-order valence-electron chi connectivity index (χ1n) is 9.38. The van der Waals surface area contributed by atoms with Gasteiger partial charge in [0.05, 0.1) is 6.54 Å². The number of nitrogens with one attached hydrogen (secondary N) is 1. The molecule has 0 radical (unpaired) electrons. The molecule has 2 aromatic carbocycles. The van der Waals surface area contributed by atoms with Crippen molar-refractivity contribution in [3.8, 4) is 0 Å². The van der Waals surface area contributed by atoms with E-state index in [0.717, 1.165) is 25.8 Å². The average Bonchev–Trinajstić information content (AvgIpc) is 3.17. The molecule has 1 N–H and O–H groups in total. The lowest BCUT2D eigenvalue weighted by Gasteiger charge is -2.31. The van der Waals surface area contributed by atoms with Gasteiger partial charge >= 0.3 is 0 Å². The van der Waals surface area contributed by atoms with Gasteiger partial charge in [-0.25, -0.2) is 0 Å². The summed E-state index contributed by atoms with van der Waals surface area (Å²) in [7, 11) is 0. The first kappa shape index (κ1) is 18.2. The van der Waals surface area contributed by atoms with Crippen LogP contribution < -0.4 is 5.32 Å². The van der Waals surface area contributed by atoms with Crippen molar-refractivity contribution in [1.29, 1.82) is 0 Å². The summed E-state index contributed by atoms with van der Waals surface area (Å²) in [5.41, 5.74) is 1.86. The smallest absolute Gasteiger partial charge is 0.251 e. The molecule has 0 bridgehead atoms. The summed E-state index contributed by atoms with van der Waals surface area (Å²) in [5, 5.41) is 2.76. The first-order chi connectivity index (χ1) is 12.7. The highest BCUT2D eigenvalue weighted by Gasteiger charge is 2.34. The van der Waals surface area contributed by atoms with Gasteiger partial charge in [-0.15, -0.1) is 0 Å². The summed E-state index contributed by atoms with van der Waals surface area (Å²) in [6.07, 6.45) is 3.03. The van der Waals surface area contributed by atoms with Gasteiger partial charge in [0, 0.05) is 24.1 Å². The lowest BCUT2D eigenvalue weighted by molar-refractivity contribution is -0.131. The van der Waals surface area contributed by atoms with Crippen molar-refractivity contribution in [2.24, 2.45) is 0 Å². The normalized spacial score (nSPS) is 17.7. The maximum Gasteiger partial charge on any atom is 0.251 e. The van der Waals surface area contributed by atoms with E-state index in [2.05, 4.69) is 36.5 Å². The van der Waals surface area contributed by atoms with E-state index in [0.29, 0.717) is 11.5 Å². The Morgan fingerprint density at radius 2 is 1.73 bits per heavy atom. The van der Waals surface area contributed by atoms with Gasteiger partial charge in [-0.3, -0.25) is 9.59 Å². The molecule has 0 unspecified atom stereocenters. The monoisotopic (exact) mass is 350 g/mol. The summed E-state index contributed by atoms with van der Waals surface area (Å²) in [5.74, 6) is 0.142. The minimum absolute atomic E-state index is 0.00571. The van der Waals surface area contributed by atoms with Crippen LogP contribution >= 0.6 is 0 Å². The minimum atomic E-state index is -0.204. The molecule has 1 heterocycles.